The van der Waals surface area contributed by atoms with Gasteiger partial charge in [0.15, 0.2) is 0 Å². The van der Waals surface area contributed by atoms with Crippen molar-refractivity contribution in [2.75, 3.05) is 18.4 Å². The summed E-state index contributed by atoms with van der Waals surface area (Å²) in [6.45, 7) is 1.42. The molecule has 1 aliphatic heterocycles. The van der Waals surface area contributed by atoms with E-state index in [9.17, 15) is 14.0 Å². The molecule has 20 heavy (non-hydrogen) atoms. The number of benzene rings is 1. The SMILES string of the molecule is O=CC1CCCCN1CCC(=O)Nc1cccc(F)c1. The molecule has 1 saturated heterocycles. The molecule has 1 unspecified atom stereocenters. The Kier molecular flexibility index (Phi) is 5.24. The summed E-state index contributed by atoms with van der Waals surface area (Å²) < 4.78 is 13.0. The number of likely N-dealkylation sites (tertiary alicyclic amines) is 1. The zero-order valence-corrected chi connectivity index (χ0v) is 11.3. The highest BCUT2D eigenvalue weighted by Gasteiger charge is 2.21. The smallest absolute Gasteiger partial charge is 0.225 e. The van der Waals surface area contributed by atoms with E-state index in [0.29, 0.717) is 18.7 Å². The number of rotatable bonds is 5. The van der Waals surface area contributed by atoms with Gasteiger partial charge in [-0.3, -0.25) is 9.69 Å². The van der Waals surface area contributed by atoms with Crippen molar-refractivity contribution in [3.05, 3.63) is 30.1 Å². The molecule has 1 N–H and O–H groups in total. The van der Waals surface area contributed by atoms with Crippen LogP contribution in [-0.2, 0) is 9.59 Å². The second kappa shape index (κ2) is 7.14. The molecule has 1 aromatic rings. The van der Waals surface area contributed by atoms with Crippen molar-refractivity contribution in [2.24, 2.45) is 0 Å². The fourth-order valence-electron chi connectivity index (χ4n) is 2.48. The van der Waals surface area contributed by atoms with Gasteiger partial charge in [-0.1, -0.05) is 12.5 Å². The highest BCUT2D eigenvalue weighted by atomic mass is 19.1. The summed E-state index contributed by atoms with van der Waals surface area (Å²) in [5.74, 6) is -0.536. The van der Waals surface area contributed by atoms with Gasteiger partial charge in [-0.25, -0.2) is 4.39 Å². The number of nitrogens with one attached hydrogen (secondary N) is 1. The van der Waals surface area contributed by atoms with Crippen LogP contribution in [0.25, 0.3) is 0 Å². The van der Waals surface area contributed by atoms with E-state index in [-0.39, 0.29) is 17.8 Å². The molecule has 0 aliphatic carbocycles. The van der Waals surface area contributed by atoms with Gasteiger partial charge < -0.3 is 10.1 Å². The number of amides is 1. The summed E-state index contributed by atoms with van der Waals surface area (Å²) in [7, 11) is 0. The van der Waals surface area contributed by atoms with Crippen LogP contribution in [0.15, 0.2) is 24.3 Å². The number of carbonyl (C=O) groups is 2. The van der Waals surface area contributed by atoms with Crippen LogP contribution < -0.4 is 5.32 Å². The fraction of sp³-hybridized carbons (Fsp3) is 0.467. The van der Waals surface area contributed by atoms with E-state index in [4.69, 9.17) is 0 Å². The minimum atomic E-state index is -0.375. The third kappa shape index (κ3) is 4.13. The van der Waals surface area contributed by atoms with E-state index in [2.05, 4.69) is 5.32 Å². The second-order valence-electron chi connectivity index (χ2n) is 5.04. The van der Waals surface area contributed by atoms with Crippen LogP contribution in [0.2, 0.25) is 0 Å². The Hall–Kier alpha value is -1.75. The lowest BCUT2D eigenvalue weighted by Crippen LogP contribution is -2.41. The molecule has 1 atom stereocenters. The van der Waals surface area contributed by atoms with Gasteiger partial charge in [0.25, 0.3) is 0 Å². The second-order valence-corrected chi connectivity index (χ2v) is 5.04. The summed E-state index contributed by atoms with van der Waals surface area (Å²) in [6, 6.07) is 5.75. The number of anilines is 1. The van der Waals surface area contributed by atoms with Crippen molar-refractivity contribution >= 4 is 17.9 Å². The molecule has 0 aromatic heterocycles. The molecule has 0 bridgehead atoms. The molecule has 5 heteroatoms. The van der Waals surface area contributed by atoms with E-state index in [1.54, 1.807) is 12.1 Å². The van der Waals surface area contributed by atoms with Gasteiger partial charge in [0, 0.05) is 18.7 Å². The number of piperidine rings is 1. The molecule has 1 aromatic carbocycles. The molecule has 0 radical (unpaired) electrons. The van der Waals surface area contributed by atoms with E-state index in [1.165, 1.54) is 12.1 Å². The number of aldehydes is 1. The predicted octanol–water partition coefficient (Wildman–Crippen LogP) is 2.21. The number of hydrogen-bond acceptors (Lipinski definition) is 3. The zero-order valence-electron chi connectivity index (χ0n) is 11.3. The average molecular weight is 278 g/mol. The Bertz CT molecular complexity index is 479. The minimum absolute atomic E-state index is 0.0641. The van der Waals surface area contributed by atoms with Crippen molar-refractivity contribution in [2.45, 2.75) is 31.7 Å². The topological polar surface area (TPSA) is 49.4 Å². The van der Waals surface area contributed by atoms with E-state index in [0.717, 1.165) is 32.1 Å². The van der Waals surface area contributed by atoms with Crippen LogP contribution in [0.3, 0.4) is 0 Å². The third-order valence-corrected chi connectivity index (χ3v) is 3.56. The van der Waals surface area contributed by atoms with Gasteiger partial charge >= 0.3 is 0 Å². The molecule has 0 spiro atoms. The molecule has 108 valence electrons. The van der Waals surface area contributed by atoms with Crippen LogP contribution in [-0.4, -0.2) is 36.2 Å². The summed E-state index contributed by atoms with van der Waals surface area (Å²) in [5.41, 5.74) is 0.459. The Balaban J connectivity index is 1.81. The number of halogens is 1. The third-order valence-electron chi connectivity index (χ3n) is 3.56. The Morgan fingerprint density at radius 2 is 2.30 bits per heavy atom. The lowest BCUT2D eigenvalue weighted by molar-refractivity contribution is -0.118. The van der Waals surface area contributed by atoms with Crippen LogP contribution >= 0.6 is 0 Å². The largest absolute Gasteiger partial charge is 0.326 e. The quantitative estimate of drug-likeness (QED) is 0.840. The van der Waals surface area contributed by atoms with Crippen molar-refractivity contribution in [3.8, 4) is 0 Å². The summed E-state index contributed by atoms with van der Waals surface area (Å²) in [6.07, 6.45) is 4.27. The maximum absolute atomic E-state index is 13.0. The maximum Gasteiger partial charge on any atom is 0.225 e. The lowest BCUT2D eigenvalue weighted by Gasteiger charge is -2.31. The van der Waals surface area contributed by atoms with E-state index in [1.807, 2.05) is 4.90 Å². The zero-order chi connectivity index (χ0) is 14.4. The van der Waals surface area contributed by atoms with Gasteiger partial charge in [0.1, 0.15) is 12.1 Å². The minimum Gasteiger partial charge on any atom is -0.326 e. The van der Waals surface area contributed by atoms with Crippen molar-refractivity contribution < 1.29 is 14.0 Å². The fourth-order valence-corrected chi connectivity index (χ4v) is 2.48. The highest BCUT2D eigenvalue weighted by molar-refractivity contribution is 5.90. The normalized spacial score (nSPS) is 19.6. The molecule has 1 heterocycles. The molecular formula is C15H19FN2O2. The van der Waals surface area contributed by atoms with Crippen LogP contribution in [0.4, 0.5) is 10.1 Å². The highest BCUT2D eigenvalue weighted by Crippen LogP contribution is 2.16. The Morgan fingerprint density at radius 1 is 1.45 bits per heavy atom. The van der Waals surface area contributed by atoms with Crippen LogP contribution in [0, 0.1) is 5.82 Å². The van der Waals surface area contributed by atoms with E-state index < -0.39 is 0 Å². The molecule has 1 fully saturated rings. The first-order valence-electron chi connectivity index (χ1n) is 6.94. The van der Waals surface area contributed by atoms with Gasteiger partial charge in [-0.05, 0) is 37.6 Å². The summed E-state index contributed by atoms with van der Waals surface area (Å²) >= 11 is 0. The molecule has 2 rings (SSSR count). The molecule has 1 amide bonds. The number of carbonyl (C=O) groups excluding carboxylic acids is 2. The average Bonchev–Trinajstić information content (AvgIpc) is 2.45. The monoisotopic (exact) mass is 278 g/mol. The Morgan fingerprint density at radius 3 is 3.05 bits per heavy atom. The van der Waals surface area contributed by atoms with Gasteiger partial charge in [0.05, 0.1) is 6.04 Å². The Labute approximate surface area is 118 Å². The van der Waals surface area contributed by atoms with Crippen molar-refractivity contribution in [3.63, 3.8) is 0 Å². The molecular weight excluding hydrogens is 259 g/mol. The standard InChI is InChI=1S/C15H19FN2O2/c16-12-4-3-5-13(10-12)17-15(20)7-9-18-8-2-1-6-14(18)11-19/h3-5,10-11,14H,1-2,6-9H2,(H,17,20). The van der Waals surface area contributed by atoms with Gasteiger partial charge in [-0.2, -0.15) is 0 Å². The van der Waals surface area contributed by atoms with Gasteiger partial charge in [-0.15, -0.1) is 0 Å². The summed E-state index contributed by atoms with van der Waals surface area (Å²) in [5, 5.41) is 2.66. The first kappa shape index (κ1) is 14.7. The number of nitrogens with zero attached hydrogens (tertiary/aromatic N) is 1. The first-order valence-corrected chi connectivity index (χ1v) is 6.94. The molecule has 0 saturated carbocycles. The van der Waals surface area contributed by atoms with Crippen LogP contribution in [0.1, 0.15) is 25.7 Å². The van der Waals surface area contributed by atoms with Gasteiger partial charge in [0.2, 0.25) is 5.91 Å². The predicted molar refractivity (Wildman–Crippen MR) is 74.9 cm³/mol. The van der Waals surface area contributed by atoms with Crippen molar-refractivity contribution in [1.29, 1.82) is 0 Å². The molecule has 4 nitrogen and oxygen atoms in total. The van der Waals surface area contributed by atoms with E-state index >= 15 is 0 Å². The number of hydrogen-bond donors (Lipinski definition) is 1. The lowest BCUT2D eigenvalue weighted by atomic mass is 10.0. The first-order chi connectivity index (χ1) is 9.69. The maximum atomic E-state index is 13.0. The van der Waals surface area contributed by atoms with Crippen molar-refractivity contribution in [1.82, 2.24) is 4.90 Å². The molecule has 1 aliphatic rings. The van der Waals surface area contributed by atoms with Crippen LogP contribution in [0.5, 0.6) is 0 Å². The summed E-state index contributed by atoms with van der Waals surface area (Å²) in [4.78, 5) is 24.8.